The Morgan fingerprint density at radius 2 is 1.16 bits per heavy atom. The first-order chi connectivity index (χ1) is 17.3. The van der Waals surface area contributed by atoms with Gasteiger partial charge in [-0.05, 0) is 107 Å². The van der Waals surface area contributed by atoms with Gasteiger partial charge in [0.25, 0.3) is 0 Å². The molecule has 8 heteroatoms. The highest BCUT2D eigenvalue weighted by molar-refractivity contribution is 5.07. The van der Waals surface area contributed by atoms with Crippen LogP contribution < -0.4 is 0 Å². The summed E-state index contributed by atoms with van der Waals surface area (Å²) in [6.07, 6.45) is 11.8. The Morgan fingerprint density at radius 3 is 1.55 bits per heavy atom. The molecule has 4 N–H and O–H groups in total. The fourth-order valence-electron chi connectivity index (χ4n) is 6.07. The standard InChI is InChI=1S/C30H52O8/c1-25(2,31)15-9-17-27(5,32)21-13-19-29(7,36-21)23-11-12-24(35-23)30(8)20-14-22(37-30)28(6,33)18-10-16-26(3,4)38-34/h9-10,15-16,21-24,31-34H,11-14,17-20H2,1-8H3/b15-9+,16-10-/t21-,22-,23-,24-,27+,28+,29+,30+/m1/s1. The van der Waals surface area contributed by atoms with Crippen molar-refractivity contribution >= 4 is 0 Å². The predicted octanol–water partition coefficient (Wildman–Crippen LogP) is 4.84. The lowest BCUT2D eigenvalue weighted by Gasteiger charge is -2.38. The molecule has 0 saturated carbocycles. The normalized spacial score (nSPS) is 38.3. The maximum Gasteiger partial charge on any atom is 0.116 e. The van der Waals surface area contributed by atoms with Gasteiger partial charge in [0.1, 0.15) is 5.60 Å². The largest absolute Gasteiger partial charge is 0.387 e. The first-order valence-corrected chi connectivity index (χ1v) is 14.2. The lowest BCUT2D eigenvalue weighted by Crippen LogP contribution is -2.47. The molecular formula is C30H52O8. The summed E-state index contributed by atoms with van der Waals surface area (Å²) in [6, 6.07) is 0. The molecule has 0 aromatic rings. The van der Waals surface area contributed by atoms with Gasteiger partial charge in [0.2, 0.25) is 0 Å². The molecule has 3 rings (SSSR count). The van der Waals surface area contributed by atoms with E-state index in [1.54, 1.807) is 53.7 Å². The zero-order valence-electron chi connectivity index (χ0n) is 24.7. The van der Waals surface area contributed by atoms with Crippen molar-refractivity contribution in [3.05, 3.63) is 24.3 Å². The molecule has 3 aliphatic rings. The van der Waals surface area contributed by atoms with Gasteiger partial charge in [-0.15, -0.1) is 0 Å². The van der Waals surface area contributed by atoms with Gasteiger partial charge in [-0.3, -0.25) is 5.26 Å². The van der Waals surface area contributed by atoms with Gasteiger partial charge in [-0.25, -0.2) is 4.89 Å². The van der Waals surface area contributed by atoms with E-state index in [9.17, 15) is 15.3 Å². The van der Waals surface area contributed by atoms with Gasteiger partial charge in [0.05, 0.1) is 52.4 Å². The summed E-state index contributed by atoms with van der Waals surface area (Å²) in [4.78, 5) is 4.44. The average molecular weight is 541 g/mol. The van der Waals surface area contributed by atoms with E-state index in [2.05, 4.69) is 18.7 Å². The highest BCUT2D eigenvalue weighted by Gasteiger charge is 2.55. The van der Waals surface area contributed by atoms with E-state index in [0.29, 0.717) is 12.8 Å². The Bertz CT molecular complexity index is 857. The third-order valence-corrected chi connectivity index (χ3v) is 8.74. The van der Waals surface area contributed by atoms with Crippen LogP contribution in [0.1, 0.15) is 107 Å². The second-order valence-electron chi connectivity index (χ2n) is 13.9. The molecule has 0 bridgehead atoms. The average Bonchev–Trinajstić information content (AvgIpc) is 3.52. The van der Waals surface area contributed by atoms with Crippen LogP contribution in [-0.4, -0.2) is 78.6 Å². The van der Waals surface area contributed by atoms with Gasteiger partial charge < -0.3 is 29.5 Å². The molecule has 8 nitrogen and oxygen atoms in total. The maximum absolute atomic E-state index is 11.2. The van der Waals surface area contributed by atoms with Crippen LogP contribution in [0.2, 0.25) is 0 Å². The topological polar surface area (TPSA) is 118 Å². The van der Waals surface area contributed by atoms with Crippen LogP contribution >= 0.6 is 0 Å². The minimum Gasteiger partial charge on any atom is -0.387 e. The van der Waals surface area contributed by atoms with Crippen molar-refractivity contribution in [3.8, 4) is 0 Å². The smallest absolute Gasteiger partial charge is 0.116 e. The lowest BCUT2D eigenvalue weighted by atomic mass is 9.89. The molecule has 0 spiro atoms. The molecule has 0 radical (unpaired) electrons. The summed E-state index contributed by atoms with van der Waals surface area (Å²) >= 11 is 0. The second-order valence-corrected chi connectivity index (χ2v) is 13.9. The highest BCUT2D eigenvalue weighted by Crippen LogP contribution is 2.48. The number of rotatable bonds is 11. The molecule has 3 fully saturated rings. The van der Waals surface area contributed by atoms with Gasteiger partial charge in [0.15, 0.2) is 0 Å². The van der Waals surface area contributed by atoms with Crippen molar-refractivity contribution in [2.45, 2.75) is 165 Å². The Morgan fingerprint density at radius 1 is 0.737 bits per heavy atom. The third-order valence-electron chi connectivity index (χ3n) is 8.74. The monoisotopic (exact) mass is 540 g/mol. The molecule has 8 atom stereocenters. The number of ether oxygens (including phenoxy) is 3. The molecular weight excluding hydrogens is 488 g/mol. The molecule has 3 aliphatic heterocycles. The van der Waals surface area contributed by atoms with Crippen molar-refractivity contribution in [1.29, 1.82) is 0 Å². The van der Waals surface area contributed by atoms with Crippen molar-refractivity contribution in [1.82, 2.24) is 0 Å². The zero-order chi connectivity index (χ0) is 28.6. The fourth-order valence-corrected chi connectivity index (χ4v) is 6.07. The van der Waals surface area contributed by atoms with Crippen LogP contribution in [0.25, 0.3) is 0 Å². The summed E-state index contributed by atoms with van der Waals surface area (Å²) in [5.74, 6) is 0. The SMILES string of the molecule is CC(C)(O)/C=C/C[C@](C)(O)[C@H]1CC[C@@](C)([C@H]2CC[C@H]([C@]3(C)CC[C@H]([C@@](C)(O)C/C=C\C(C)(C)OO)O3)O2)O1. The fraction of sp³-hybridized carbons (Fsp3) is 0.867. The van der Waals surface area contributed by atoms with E-state index >= 15 is 0 Å². The summed E-state index contributed by atoms with van der Waals surface area (Å²) in [5.41, 5.74) is -4.81. The Hall–Kier alpha value is -0.840. The minimum atomic E-state index is -1.06. The Kier molecular flexibility index (Phi) is 9.34. The van der Waals surface area contributed by atoms with Crippen LogP contribution in [0.5, 0.6) is 0 Å². The predicted molar refractivity (Wildman–Crippen MR) is 146 cm³/mol. The van der Waals surface area contributed by atoms with Crippen LogP contribution in [-0.2, 0) is 19.1 Å². The molecule has 0 aromatic heterocycles. The molecule has 0 unspecified atom stereocenters. The van der Waals surface area contributed by atoms with E-state index in [0.717, 1.165) is 38.5 Å². The first-order valence-electron chi connectivity index (χ1n) is 14.2. The zero-order valence-corrected chi connectivity index (χ0v) is 24.7. The molecule has 3 saturated heterocycles. The number of aliphatic hydroxyl groups is 3. The Balaban J connectivity index is 1.57. The highest BCUT2D eigenvalue weighted by atomic mass is 17.1. The van der Waals surface area contributed by atoms with E-state index in [1.807, 2.05) is 12.2 Å². The molecule has 0 amide bonds. The van der Waals surface area contributed by atoms with Crippen LogP contribution in [0.4, 0.5) is 0 Å². The summed E-state index contributed by atoms with van der Waals surface area (Å²) in [5, 5.41) is 41.2. The van der Waals surface area contributed by atoms with E-state index in [1.165, 1.54) is 0 Å². The van der Waals surface area contributed by atoms with Gasteiger partial charge in [-0.2, -0.15) is 0 Å². The Labute approximate surface area is 228 Å². The van der Waals surface area contributed by atoms with E-state index < -0.39 is 33.6 Å². The van der Waals surface area contributed by atoms with Crippen LogP contribution in [0, 0.1) is 0 Å². The lowest BCUT2D eigenvalue weighted by molar-refractivity contribution is -0.297. The second kappa shape index (κ2) is 11.2. The van der Waals surface area contributed by atoms with Crippen molar-refractivity contribution in [2.24, 2.45) is 0 Å². The molecule has 38 heavy (non-hydrogen) atoms. The molecule has 3 heterocycles. The number of hydrogen-bond donors (Lipinski definition) is 4. The maximum atomic E-state index is 11.2. The third kappa shape index (κ3) is 7.67. The molecule has 0 aliphatic carbocycles. The van der Waals surface area contributed by atoms with Crippen molar-refractivity contribution < 1.29 is 39.7 Å². The molecule has 0 aromatic carbocycles. The van der Waals surface area contributed by atoms with Crippen LogP contribution in [0.3, 0.4) is 0 Å². The summed E-state index contributed by atoms with van der Waals surface area (Å²) < 4.78 is 19.6. The van der Waals surface area contributed by atoms with E-state index in [4.69, 9.17) is 19.5 Å². The van der Waals surface area contributed by atoms with Gasteiger partial charge in [0, 0.05) is 0 Å². The van der Waals surface area contributed by atoms with Gasteiger partial charge >= 0.3 is 0 Å². The summed E-state index contributed by atoms with van der Waals surface area (Å²) in [6.45, 7) is 14.6. The van der Waals surface area contributed by atoms with E-state index in [-0.39, 0.29) is 24.4 Å². The quantitative estimate of drug-likeness (QED) is 0.167. The minimum absolute atomic E-state index is 0.0937. The van der Waals surface area contributed by atoms with Gasteiger partial charge in [-0.1, -0.05) is 24.3 Å². The summed E-state index contributed by atoms with van der Waals surface area (Å²) in [7, 11) is 0. The first kappa shape index (κ1) is 31.7. The molecule has 220 valence electrons. The van der Waals surface area contributed by atoms with Crippen LogP contribution in [0.15, 0.2) is 24.3 Å². The van der Waals surface area contributed by atoms with Crippen molar-refractivity contribution in [2.75, 3.05) is 0 Å². The van der Waals surface area contributed by atoms with Crippen molar-refractivity contribution in [3.63, 3.8) is 0 Å². The number of hydrogen-bond acceptors (Lipinski definition) is 8.